The smallest absolute Gasteiger partial charge is 0.276 e. The summed E-state index contributed by atoms with van der Waals surface area (Å²) < 4.78 is 7.73. The Labute approximate surface area is 166 Å². The van der Waals surface area contributed by atoms with Crippen molar-refractivity contribution in [2.75, 3.05) is 5.32 Å². The van der Waals surface area contributed by atoms with Crippen LogP contribution in [0.4, 0.5) is 5.69 Å². The Hall–Kier alpha value is -2.34. The van der Waals surface area contributed by atoms with Crippen LogP contribution >= 0.6 is 23.2 Å². The van der Waals surface area contributed by atoms with Gasteiger partial charge in [-0.1, -0.05) is 41.4 Å². The van der Waals surface area contributed by atoms with Crippen LogP contribution in [-0.2, 0) is 17.9 Å². The molecular formula is C20H17Cl2N3O2. The van der Waals surface area contributed by atoms with Crippen LogP contribution in [0.3, 0.4) is 0 Å². The highest BCUT2D eigenvalue weighted by molar-refractivity contribution is 6.34. The van der Waals surface area contributed by atoms with Crippen molar-refractivity contribution in [3.05, 3.63) is 81.1 Å². The third kappa shape index (κ3) is 3.86. The summed E-state index contributed by atoms with van der Waals surface area (Å²) in [6, 6.07) is 14.8. The molecule has 3 aromatic rings. The van der Waals surface area contributed by atoms with Crippen molar-refractivity contribution in [2.45, 2.75) is 26.2 Å². The molecule has 0 saturated heterocycles. The number of benzene rings is 2. The number of rotatable bonds is 3. The molecule has 0 bridgehead atoms. The fraction of sp³-hybridized carbons (Fsp3) is 0.200. The molecule has 5 nitrogen and oxygen atoms in total. The van der Waals surface area contributed by atoms with E-state index >= 15 is 0 Å². The second-order valence-corrected chi connectivity index (χ2v) is 7.34. The molecular weight excluding hydrogens is 385 g/mol. The van der Waals surface area contributed by atoms with Crippen molar-refractivity contribution in [1.82, 2.24) is 9.78 Å². The molecule has 4 rings (SSSR count). The zero-order valence-corrected chi connectivity index (χ0v) is 16.1. The van der Waals surface area contributed by atoms with Gasteiger partial charge in [0.2, 0.25) is 0 Å². The molecule has 1 atom stereocenters. The Morgan fingerprint density at radius 3 is 2.70 bits per heavy atom. The number of hydrogen-bond donors (Lipinski definition) is 1. The van der Waals surface area contributed by atoms with Crippen LogP contribution < -0.4 is 5.32 Å². The lowest BCUT2D eigenvalue weighted by Crippen LogP contribution is -2.22. The lowest BCUT2D eigenvalue weighted by molar-refractivity contribution is -0.00118. The predicted octanol–water partition coefficient (Wildman–Crippen LogP) is 5.02. The van der Waals surface area contributed by atoms with E-state index in [9.17, 15) is 4.79 Å². The summed E-state index contributed by atoms with van der Waals surface area (Å²) in [6.07, 6.45) is -0.128. The van der Waals surface area contributed by atoms with E-state index in [1.807, 2.05) is 41.9 Å². The zero-order valence-electron chi connectivity index (χ0n) is 14.6. The molecule has 1 amide bonds. The highest BCUT2D eigenvalue weighted by atomic mass is 35.5. The molecule has 2 aromatic carbocycles. The average molecular weight is 402 g/mol. The highest BCUT2D eigenvalue weighted by Gasteiger charge is 2.24. The normalized spacial score (nSPS) is 16.0. The van der Waals surface area contributed by atoms with Crippen LogP contribution in [0.5, 0.6) is 0 Å². The molecule has 1 N–H and O–H groups in total. The third-order valence-corrected chi connectivity index (χ3v) is 5.05. The molecule has 0 radical (unpaired) electrons. The van der Waals surface area contributed by atoms with Crippen molar-refractivity contribution >= 4 is 34.8 Å². The van der Waals surface area contributed by atoms with Crippen LogP contribution in [0, 0.1) is 6.92 Å². The number of amides is 1. The molecule has 0 spiro atoms. The Morgan fingerprint density at radius 2 is 1.96 bits per heavy atom. The average Bonchev–Trinajstić information content (AvgIpc) is 3.08. The van der Waals surface area contributed by atoms with Gasteiger partial charge < -0.3 is 10.1 Å². The molecule has 0 fully saturated rings. The van der Waals surface area contributed by atoms with Gasteiger partial charge in [-0.2, -0.15) is 5.10 Å². The Kier molecular flexibility index (Phi) is 4.91. The number of nitrogens with zero attached hydrogens (tertiary/aromatic N) is 2. The number of aromatic nitrogens is 2. The van der Waals surface area contributed by atoms with Crippen molar-refractivity contribution in [2.24, 2.45) is 0 Å². The lowest BCUT2D eigenvalue weighted by atomic mass is 10.1. The Morgan fingerprint density at radius 1 is 1.19 bits per heavy atom. The number of fused-ring (bicyclic) bond motifs is 1. The van der Waals surface area contributed by atoms with Crippen LogP contribution in [-0.4, -0.2) is 15.7 Å². The van der Waals surface area contributed by atoms with Crippen LogP contribution in [0.1, 0.15) is 33.4 Å². The highest BCUT2D eigenvalue weighted by Crippen LogP contribution is 2.28. The minimum Gasteiger partial charge on any atom is -0.365 e. The predicted molar refractivity (Wildman–Crippen MR) is 105 cm³/mol. The van der Waals surface area contributed by atoms with E-state index in [4.69, 9.17) is 27.9 Å². The Bertz CT molecular complexity index is 999. The number of carbonyl (C=O) groups excluding carboxylic acids is 1. The largest absolute Gasteiger partial charge is 0.365 e. The first-order chi connectivity index (χ1) is 13.0. The first kappa shape index (κ1) is 18.0. The lowest BCUT2D eigenvalue weighted by Gasteiger charge is -2.24. The second kappa shape index (κ2) is 7.35. The number of ether oxygens (including phenoxy) is 1. The van der Waals surface area contributed by atoms with Crippen molar-refractivity contribution < 1.29 is 9.53 Å². The topological polar surface area (TPSA) is 56.2 Å². The number of aryl methyl sites for hydroxylation is 1. The van der Waals surface area contributed by atoms with Crippen LogP contribution in [0.25, 0.3) is 0 Å². The van der Waals surface area contributed by atoms with Gasteiger partial charge >= 0.3 is 0 Å². The molecule has 1 aliphatic heterocycles. The number of halogens is 2. The van der Waals surface area contributed by atoms with E-state index in [0.717, 1.165) is 16.8 Å². The van der Waals surface area contributed by atoms with Gasteiger partial charge in [-0.05, 0) is 48.4 Å². The molecule has 2 heterocycles. The van der Waals surface area contributed by atoms with Crippen LogP contribution in [0.2, 0.25) is 10.0 Å². The number of hydrogen-bond acceptors (Lipinski definition) is 3. The standard InChI is InChI=1S/C20H17Cl2N3O2/c1-12-2-7-17(16(22)8-12)23-20(26)18-9-15-11-27-19(10-25(15)24-18)13-3-5-14(21)6-4-13/h2-9,19H,10-11H2,1H3,(H,23,26)/t19-/m0/s1. The zero-order chi connectivity index (χ0) is 19.0. The molecule has 1 aliphatic rings. The first-order valence-corrected chi connectivity index (χ1v) is 9.26. The van der Waals surface area contributed by atoms with Crippen LogP contribution in [0.15, 0.2) is 48.5 Å². The van der Waals surface area contributed by atoms with E-state index < -0.39 is 0 Å². The first-order valence-electron chi connectivity index (χ1n) is 8.51. The minimum atomic E-state index is -0.300. The molecule has 27 heavy (non-hydrogen) atoms. The fourth-order valence-corrected chi connectivity index (χ4v) is 3.43. The quantitative estimate of drug-likeness (QED) is 0.669. The summed E-state index contributed by atoms with van der Waals surface area (Å²) >= 11 is 12.1. The molecule has 138 valence electrons. The number of anilines is 1. The maximum absolute atomic E-state index is 12.6. The maximum atomic E-state index is 12.6. The summed E-state index contributed by atoms with van der Waals surface area (Å²) in [5, 5.41) is 8.43. The molecule has 7 heteroatoms. The van der Waals surface area contributed by atoms with E-state index in [1.165, 1.54) is 0 Å². The summed E-state index contributed by atoms with van der Waals surface area (Å²) in [5.74, 6) is -0.300. The van der Waals surface area contributed by atoms with Crippen molar-refractivity contribution in [1.29, 1.82) is 0 Å². The van der Waals surface area contributed by atoms with Gasteiger partial charge in [-0.3, -0.25) is 9.48 Å². The van der Waals surface area contributed by atoms with Gasteiger partial charge in [0.25, 0.3) is 5.91 Å². The van der Waals surface area contributed by atoms with Gasteiger partial charge in [0, 0.05) is 5.02 Å². The summed E-state index contributed by atoms with van der Waals surface area (Å²) in [6.45, 7) is 2.87. The minimum absolute atomic E-state index is 0.128. The summed E-state index contributed by atoms with van der Waals surface area (Å²) in [4.78, 5) is 12.6. The van der Waals surface area contributed by atoms with E-state index in [-0.39, 0.29) is 12.0 Å². The van der Waals surface area contributed by atoms with Gasteiger partial charge in [-0.25, -0.2) is 0 Å². The monoisotopic (exact) mass is 401 g/mol. The molecule has 1 aromatic heterocycles. The van der Waals surface area contributed by atoms with E-state index in [1.54, 1.807) is 18.2 Å². The molecule has 0 aliphatic carbocycles. The molecule has 0 unspecified atom stereocenters. The summed E-state index contributed by atoms with van der Waals surface area (Å²) in [7, 11) is 0. The van der Waals surface area contributed by atoms with Gasteiger partial charge in [0.1, 0.15) is 6.10 Å². The fourth-order valence-electron chi connectivity index (χ4n) is 3.02. The second-order valence-electron chi connectivity index (χ2n) is 6.49. The Balaban J connectivity index is 1.51. The van der Waals surface area contributed by atoms with Crippen molar-refractivity contribution in [3.63, 3.8) is 0 Å². The number of carbonyl (C=O) groups is 1. The SMILES string of the molecule is Cc1ccc(NC(=O)c2cc3n(n2)C[C@@H](c2ccc(Cl)cc2)OC3)c(Cl)c1. The number of nitrogens with one attached hydrogen (secondary N) is 1. The van der Waals surface area contributed by atoms with E-state index in [0.29, 0.717) is 34.6 Å². The van der Waals surface area contributed by atoms with Gasteiger partial charge in [0.15, 0.2) is 5.69 Å². The maximum Gasteiger partial charge on any atom is 0.276 e. The third-order valence-electron chi connectivity index (χ3n) is 4.48. The van der Waals surface area contributed by atoms with Gasteiger partial charge in [0.05, 0.1) is 29.6 Å². The van der Waals surface area contributed by atoms with E-state index in [2.05, 4.69) is 10.4 Å². The van der Waals surface area contributed by atoms with Crippen molar-refractivity contribution in [3.8, 4) is 0 Å². The molecule has 0 saturated carbocycles. The van der Waals surface area contributed by atoms with Gasteiger partial charge in [-0.15, -0.1) is 0 Å². The summed E-state index contributed by atoms with van der Waals surface area (Å²) in [5.41, 5.74) is 3.81.